The highest BCUT2D eigenvalue weighted by atomic mass is 16.3. The Hall–Kier alpha value is -1.14. The van der Waals surface area contributed by atoms with Crippen molar-refractivity contribution in [3.8, 4) is 0 Å². The SMILES string of the molecule is NC(=O)C1CCCN(CC(=O)NCCO)C1. The van der Waals surface area contributed by atoms with Crippen molar-refractivity contribution in [2.45, 2.75) is 12.8 Å². The number of carbonyl (C=O) groups excluding carboxylic acids is 2. The van der Waals surface area contributed by atoms with Gasteiger partial charge in [-0.05, 0) is 19.4 Å². The minimum absolute atomic E-state index is 0.0599. The van der Waals surface area contributed by atoms with Crippen molar-refractivity contribution in [3.63, 3.8) is 0 Å². The maximum atomic E-state index is 11.4. The summed E-state index contributed by atoms with van der Waals surface area (Å²) in [5.74, 6) is -0.556. The Kier molecular flexibility index (Phi) is 5.21. The average Bonchev–Trinajstić information content (AvgIpc) is 2.26. The third-order valence-electron chi connectivity index (χ3n) is 2.71. The fourth-order valence-electron chi connectivity index (χ4n) is 1.89. The van der Waals surface area contributed by atoms with Crippen LogP contribution in [0, 0.1) is 5.92 Å². The number of primary amides is 1. The number of nitrogens with zero attached hydrogens (tertiary/aromatic N) is 1. The molecule has 1 fully saturated rings. The fraction of sp³-hybridized carbons (Fsp3) is 0.800. The zero-order chi connectivity index (χ0) is 12.0. The molecule has 1 unspecified atom stereocenters. The van der Waals surface area contributed by atoms with Gasteiger partial charge in [0.25, 0.3) is 0 Å². The normalized spacial score (nSPS) is 21.7. The molecule has 6 heteroatoms. The summed E-state index contributed by atoms with van der Waals surface area (Å²) in [4.78, 5) is 24.3. The first kappa shape index (κ1) is 12.9. The van der Waals surface area contributed by atoms with Crippen molar-refractivity contribution in [2.75, 3.05) is 32.8 Å². The number of aliphatic hydroxyl groups is 1. The summed E-state index contributed by atoms with van der Waals surface area (Å²) in [5.41, 5.74) is 5.24. The van der Waals surface area contributed by atoms with Crippen LogP contribution in [0.15, 0.2) is 0 Å². The Bertz CT molecular complexity index is 258. The van der Waals surface area contributed by atoms with E-state index in [9.17, 15) is 9.59 Å². The van der Waals surface area contributed by atoms with Crippen molar-refractivity contribution in [1.82, 2.24) is 10.2 Å². The lowest BCUT2D eigenvalue weighted by molar-refractivity contribution is -0.126. The van der Waals surface area contributed by atoms with E-state index in [1.165, 1.54) is 0 Å². The van der Waals surface area contributed by atoms with Gasteiger partial charge in [-0.1, -0.05) is 0 Å². The number of likely N-dealkylation sites (tertiary alicyclic amines) is 1. The van der Waals surface area contributed by atoms with Gasteiger partial charge < -0.3 is 16.2 Å². The van der Waals surface area contributed by atoms with Crippen LogP contribution in [0.5, 0.6) is 0 Å². The van der Waals surface area contributed by atoms with E-state index in [4.69, 9.17) is 10.8 Å². The van der Waals surface area contributed by atoms with E-state index in [0.29, 0.717) is 6.54 Å². The Morgan fingerprint density at radius 3 is 2.88 bits per heavy atom. The van der Waals surface area contributed by atoms with Crippen molar-refractivity contribution < 1.29 is 14.7 Å². The maximum Gasteiger partial charge on any atom is 0.234 e. The molecule has 1 atom stereocenters. The van der Waals surface area contributed by atoms with Crippen molar-refractivity contribution in [1.29, 1.82) is 0 Å². The number of hydrogen-bond acceptors (Lipinski definition) is 4. The van der Waals surface area contributed by atoms with Crippen LogP contribution in [-0.4, -0.2) is 54.6 Å². The highest BCUT2D eigenvalue weighted by Gasteiger charge is 2.24. The Morgan fingerprint density at radius 2 is 2.25 bits per heavy atom. The first-order valence-electron chi connectivity index (χ1n) is 5.52. The van der Waals surface area contributed by atoms with Crippen LogP contribution in [0.3, 0.4) is 0 Å². The number of nitrogens with one attached hydrogen (secondary N) is 1. The molecule has 2 amide bonds. The van der Waals surface area contributed by atoms with E-state index in [1.807, 2.05) is 4.90 Å². The van der Waals surface area contributed by atoms with Gasteiger partial charge in [0.1, 0.15) is 0 Å². The monoisotopic (exact) mass is 229 g/mol. The topological polar surface area (TPSA) is 95.7 Å². The Morgan fingerprint density at radius 1 is 1.50 bits per heavy atom. The summed E-state index contributed by atoms with van der Waals surface area (Å²) >= 11 is 0. The molecule has 0 aliphatic carbocycles. The van der Waals surface area contributed by atoms with E-state index in [2.05, 4.69) is 5.32 Å². The molecule has 92 valence electrons. The van der Waals surface area contributed by atoms with Crippen LogP contribution >= 0.6 is 0 Å². The van der Waals surface area contributed by atoms with Gasteiger partial charge in [0.2, 0.25) is 11.8 Å². The second-order valence-electron chi connectivity index (χ2n) is 4.05. The summed E-state index contributed by atoms with van der Waals surface area (Å²) in [6.07, 6.45) is 1.70. The summed E-state index contributed by atoms with van der Waals surface area (Å²) in [6.45, 7) is 1.85. The number of aliphatic hydroxyl groups excluding tert-OH is 1. The second-order valence-corrected chi connectivity index (χ2v) is 4.05. The van der Waals surface area contributed by atoms with Crippen LogP contribution < -0.4 is 11.1 Å². The molecule has 1 heterocycles. The predicted octanol–water partition coefficient (Wildman–Crippen LogP) is -1.71. The average molecular weight is 229 g/mol. The largest absolute Gasteiger partial charge is 0.395 e. The van der Waals surface area contributed by atoms with Gasteiger partial charge >= 0.3 is 0 Å². The standard InChI is InChI=1S/C10H19N3O3/c11-10(16)8-2-1-4-13(6-8)7-9(15)12-3-5-14/h8,14H,1-7H2,(H2,11,16)(H,12,15). The van der Waals surface area contributed by atoms with Crippen molar-refractivity contribution in [2.24, 2.45) is 11.7 Å². The molecule has 0 spiro atoms. The van der Waals surface area contributed by atoms with Crippen LogP contribution in [0.4, 0.5) is 0 Å². The molecule has 0 aromatic heterocycles. The molecule has 0 aromatic carbocycles. The Balaban J connectivity index is 2.31. The molecule has 0 bridgehead atoms. The minimum Gasteiger partial charge on any atom is -0.395 e. The second kappa shape index (κ2) is 6.44. The van der Waals surface area contributed by atoms with E-state index >= 15 is 0 Å². The Labute approximate surface area is 94.8 Å². The maximum absolute atomic E-state index is 11.4. The number of piperidine rings is 1. The lowest BCUT2D eigenvalue weighted by Crippen LogP contribution is -2.45. The highest BCUT2D eigenvalue weighted by molar-refractivity contribution is 5.79. The number of hydrogen-bond donors (Lipinski definition) is 3. The third kappa shape index (κ3) is 4.16. The first-order chi connectivity index (χ1) is 7.63. The molecule has 16 heavy (non-hydrogen) atoms. The summed E-state index contributed by atoms with van der Waals surface area (Å²) in [7, 11) is 0. The molecule has 0 aromatic rings. The van der Waals surface area contributed by atoms with Gasteiger partial charge in [-0.25, -0.2) is 0 Å². The molecule has 6 nitrogen and oxygen atoms in total. The lowest BCUT2D eigenvalue weighted by atomic mass is 9.97. The highest BCUT2D eigenvalue weighted by Crippen LogP contribution is 2.15. The van der Waals surface area contributed by atoms with Gasteiger partial charge in [0.15, 0.2) is 0 Å². The third-order valence-corrected chi connectivity index (χ3v) is 2.71. The lowest BCUT2D eigenvalue weighted by Gasteiger charge is -2.30. The number of nitrogens with two attached hydrogens (primary N) is 1. The van der Waals surface area contributed by atoms with Gasteiger partial charge in [0.05, 0.1) is 19.1 Å². The zero-order valence-electron chi connectivity index (χ0n) is 9.32. The van der Waals surface area contributed by atoms with E-state index in [1.54, 1.807) is 0 Å². The molecule has 4 N–H and O–H groups in total. The van der Waals surface area contributed by atoms with E-state index < -0.39 is 0 Å². The van der Waals surface area contributed by atoms with Crippen LogP contribution in [0.25, 0.3) is 0 Å². The summed E-state index contributed by atoms with van der Waals surface area (Å²) in [6, 6.07) is 0. The van der Waals surface area contributed by atoms with Crippen molar-refractivity contribution >= 4 is 11.8 Å². The smallest absolute Gasteiger partial charge is 0.234 e. The quantitative estimate of drug-likeness (QED) is 0.523. The van der Waals surface area contributed by atoms with Crippen LogP contribution in [0.2, 0.25) is 0 Å². The minimum atomic E-state index is -0.291. The van der Waals surface area contributed by atoms with Gasteiger partial charge in [-0.3, -0.25) is 14.5 Å². The molecule has 0 radical (unpaired) electrons. The van der Waals surface area contributed by atoms with Crippen molar-refractivity contribution in [3.05, 3.63) is 0 Å². The number of amides is 2. The van der Waals surface area contributed by atoms with Gasteiger partial charge in [0, 0.05) is 13.1 Å². The van der Waals surface area contributed by atoms with Crippen LogP contribution in [-0.2, 0) is 9.59 Å². The summed E-state index contributed by atoms with van der Waals surface area (Å²) in [5, 5.41) is 11.1. The molecular formula is C10H19N3O3. The first-order valence-corrected chi connectivity index (χ1v) is 5.52. The summed E-state index contributed by atoms with van der Waals surface area (Å²) < 4.78 is 0. The van der Waals surface area contributed by atoms with Crippen LogP contribution in [0.1, 0.15) is 12.8 Å². The molecule has 0 saturated carbocycles. The predicted molar refractivity (Wildman–Crippen MR) is 58.5 cm³/mol. The molecule has 1 aliphatic rings. The fourth-order valence-corrected chi connectivity index (χ4v) is 1.89. The molecular weight excluding hydrogens is 210 g/mol. The van der Waals surface area contributed by atoms with E-state index in [-0.39, 0.29) is 37.4 Å². The molecule has 1 saturated heterocycles. The van der Waals surface area contributed by atoms with Gasteiger partial charge in [-0.15, -0.1) is 0 Å². The molecule has 1 rings (SSSR count). The van der Waals surface area contributed by atoms with Gasteiger partial charge in [-0.2, -0.15) is 0 Å². The van der Waals surface area contributed by atoms with E-state index in [0.717, 1.165) is 19.4 Å². The molecule has 1 aliphatic heterocycles. The number of carbonyl (C=O) groups is 2. The number of rotatable bonds is 5. The zero-order valence-corrected chi connectivity index (χ0v) is 9.32.